The van der Waals surface area contributed by atoms with Gasteiger partial charge in [0.1, 0.15) is 0 Å². The summed E-state index contributed by atoms with van der Waals surface area (Å²) in [7, 11) is 0. The van der Waals surface area contributed by atoms with Gasteiger partial charge in [0.05, 0.1) is 12.2 Å². The molecule has 3 heteroatoms. The van der Waals surface area contributed by atoms with Crippen LogP contribution in [0.1, 0.15) is 13.8 Å². The highest BCUT2D eigenvalue weighted by molar-refractivity contribution is 6.18. The molecule has 1 aliphatic rings. The number of halogens is 1. The molecule has 0 amide bonds. The summed E-state index contributed by atoms with van der Waals surface area (Å²) in [6, 6.07) is 0. The van der Waals surface area contributed by atoms with Gasteiger partial charge in [-0.1, -0.05) is 12.2 Å². The van der Waals surface area contributed by atoms with E-state index in [2.05, 4.69) is 24.8 Å². The predicted molar refractivity (Wildman–Crippen MR) is 56.3 cm³/mol. The van der Waals surface area contributed by atoms with Crippen molar-refractivity contribution in [1.29, 1.82) is 0 Å². The normalized spacial score (nSPS) is 31.3. The van der Waals surface area contributed by atoms with Gasteiger partial charge in [0.15, 0.2) is 0 Å². The lowest BCUT2D eigenvalue weighted by atomic mass is 10.2. The summed E-state index contributed by atoms with van der Waals surface area (Å²) in [5.41, 5.74) is 0. The minimum atomic E-state index is 0.355. The van der Waals surface area contributed by atoms with E-state index in [9.17, 15) is 0 Å². The van der Waals surface area contributed by atoms with Crippen LogP contribution in [0.4, 0.5) is 0 Å². The zero-order valence-electron chi connectivity index (χ0n) is 8.37. The van der Waals surface area contributed by atoms with Crippen LogP contribution >= 0.6 is 11.6 Å². The molecule has 0 aromatic heterocycles. The summed E-state index contributed by atoms with van der Waals surface area (Å²) < 4.78 is 5.63. The van der Waals surface area contributed by atoms with Crippen LogP contribution < -0.4 is 0 Å². The zero-order valence-corrected chi connectivity index (χ0v) is 9.13. The summed E-state index contributed by atoms with van der Waals surface area (Å²) in [4.78, 5) is 2.39. The standard InChI is InChI=1S/C10H18ClNO/c1-9-7-12(6-4-3-5-11)8-10(2)13-9/h3-4,9-10H,5-8H2,1-2H3. The first-order valence-corrected chi connectivity index (χ1v) is 5.34. The van der Waals surface area contributed by atoms with E-state index in [4.69, 9.17) is 16.3 Å². The molecule has 13 heavy (non-hydrogen) atoms. The summed E-state index contributed by atoms with van der Waals surface area (Å²) in [6.07, 6.45) is 4.82. The molecule has 0 bridgehead atoms. The molecule has 76 valence electrons. The topological polar surface area (TPSA) is 12.5 Å². The molecule has 2 atom stereocenters. The van der Waals surface area contributed by atoms with E-state index in [0.29, 0.717) is 18.1 Å². The Labute approximate surface area is 85.5 Å². The second-order valence-corrected chi connectivity index (χ2v) is 3.91. The monoisotopic (exact) mass is 203 g/mol. The number of ether oxygens (including phenoxy) is 1. The van der Waals surface area contributed by atoms with Crippen molar-refractivity contribution in [2.45, 2.75) is 26.1 Å². The molecule has 0 radical (unpaired) electrons. The Morgan fingerprint density at radius 1 is 1.31 bits per heavy atom. The van der Waals surface area contributed by atoms with Gasteiger partial charge < -0.3 is 4.74 Å². The lowest BCUT2D eigenvalue weighted by Crippen LogP contribution is -2.45. The van der Waals surface area contributed by atoms with Crippen LogP contribution in [0.3, 0.4) is 0 Å². The SMILES string of the molecule is CC1CN(CC=CCCl)CC(C)O1. The quantitative estimate of drug-likeness (QED) is 0.513. The fourth-order valence-corrected chi connectivity index (χ4v) is 1.85. The molecule has 1 aliphatic heterocycles. The largest absolute Gasteiger partial charge is 0.373 e. The van der Waals surface area contributed by atoms with E-state index in [1.807, 2.05) is 6.08 Å². The lowest BCUT2D eigenvalue weighted by Gasteiger charge is -2.34. The Balaban J connectivity index is 2.28. The molecular weight excluding hydrogens is 186 g/mol. The van der Waals surface area contributed by atoms with E-state index >= 15 is 0 Å². The van der Waals surface area contributed by atoms with Gasteiger partial charge in [-0.25, -0.2) is 0 Å². The predicted octanol–water partition coefficient (Wildman–Crippen LogP) is 1.89. The molecule has 0 spiro atoms. The minimum absolute atomic E-state index is 0.355. The van der Waals surface area contributed by atoms with Crippen molar-refractivity contribution in [3.63, 3.8) is 0 Å². The highest BCUT2D eigenvalue weighted by atomic mass is 35.5. The Bertz CT molecular complexity index is 162. The average molecular weight is 204 g/mol. The molecule has 2 unspecified atom stereocenters. The van der Waals surface area contributed by atoms with Crippen LogP contribution in [0.2, 0.25) is 0 Å². The maximum absolute atomic E-state index is 5.63. The van der Waals surface area contributed by atoms with Crippen molar-refractivity contribution in [2.75, 3.05) is 25.5 Å². The third kappa shape index (κ3) is 4.12. The molecular formula is C10H18ClNO. The number of alkyl halides is 1. The first-order valence-electron chi connectivity index (χ1n) is 4.81. The molecule has 0 aromatic rings. The third-order valence-electron chi connectivity index (χ3n) is 2.11. The fraction of sp³-hybridized carbons (Fsp3) is 0.800. The maximum Gasteiger partial charge on any atom is 0.0678 e. The van der Waals surface area contributed by atoms with E-state index in [1.54, 1.807) is 0 Å². The van der Waals surface area contributed by atoms with Crippen molar-refractivity contribution in [1.82, 2.24) is 4.90 Å². The summed E-state index contributed by atoms with van der Waals surface area (Å²) in [5, 5.41) is 0. The molecule has 0 N–H and O–H groups in total. The molecule has 0 aliphatic carbocycles. The smallest absolute Gasteiger partial charge is 0.0678 e. The van der Waals surface area contributed by atoms with Crippen molar-refractivity contribution < 1.29 is 4.74 Å². The van der Waals surface area contributed by atoms with Gasteiger partial charge in [0, 0.05) is 25.5 Å². The van der Waals surface area contributed by atoms with Gasteiger partial charge in [-0.15, -0.1) is 11.6 Å². The van der Waals surface area contributed by atoms with E-state index in [-0.39, 0.29) is 0 Å². The highest BCUT2D eigenvalue weighted by Gasteiger charge is 2.20. The van der Waals surface area contributed by atoms with Crippen molar-refractivity contribution >= 4 is 11.6 Å². The zero-order chi connectivity index (χ0) is 9.68. The van der Waals surface area contributed by atoms with Crippen LogP contribution in [-0.4, -0.2) is 42.6 Å². The molecule has 1 saturated heterocycles. The van der Waals surface area contributed by atoms with Gasteiger partial charge in [-0.3, -0.25) is 4.90 Å². The average Bonchev–Trinajstić information content (AvgIpc) is 2.03. The van der Waals surface area contributed by atoms with E-state index in [1.165, 1.54) is 0 Å². The molecule has 1 rings (SSSR count). The molecule has 1 heterocycles. The van der Waals surface area contributed by atoms with Crippen molar-refractivity contribution in [2.24, 2.45) is 0 Å². The molecule has 0 saturated carbocycles. The first-order chi connectivity index (χ1) is 6.22. The number of rotatable bonds is 3. The van der Waals surface area contributed by atoms with E-state index in [0.717, 1.165) is 19.6 Å². The lowest BCUT2D eigenvalue weighted by molar-refractivity contribution is -0.0646. The van der Waals surface area contributed by atoms with Crippen LogP contribution in [0.25, 0.3) is 0 Å². The Morgan fingerprint density at radius 2 is 1.92 bits per heavy atom. The van der Waals surface area contributed by atoms with Crippen LogP contribution in [0, 0.1) is 0 Å². The highest BCUT2D eigenvalue weighted by Crippen LogP contribution is 2.09. The first kappa shape index (κ1) is 11.0. The maximum atomic E-state index is 5.63. The summed E-state index contributed by atoms with van der Waals surface area (Å²) >= 11 is 5.55. The number of hydrogen-bond acceptors (Lipinski definition) is 2. The molecule has 2 nitrogen and oxygen atoms in total. The second kappa shape index (κ2) is 5.63. The number of morpholine rings is 1. The van der Waals surface area contributed by atoms with Gasteiger partial charge in [0.2, 0.25) is 0 Å². The fourth-order valence-electron chi connectivity index (χ4n) is 1.72. The summed E-state index contributed by atoms with van der Waals surface area (Å²) in [6.45, 7) is 7.28. The summed E-state index contributed by atoms with van der Waals surface area (Å²) in [5.74, 6) is 0.607. The van der Waals surface area contributed by atoms with Gasteiger partial charge in [0.25, 0.3) is 0 Å². The Morgan fingerprint density at radius 3 is 2.46 bits per heavy atom. The Kier molecular flexibility index (Phi) is 4.78. The molecule has 1 fully saturated rings. The van der Waals surface area contributed by atoms with Gasteiger partial charge in [-0.2, -0.15) is 0 Å². The number of hydrogen-bond donors (Lipinski definition) is 0. The van der Waals surface area contributed by atoms with Crippen LogP contribution in [0.5, 0.6) is 0 Å². The van der Waals surface area contributed by atoms with Gasteiger partial charge >= 0.3 is 0 Å². The number of nitrogens with zero attached hydrogens (tertiary/aromatic N) is 1. The molecule has 0 aromatic carbocycles. The van der Waals surface area contributed by atoms with Crippen LogP contribution in [0.15, 0.2) is 12.2 Å². The van der Waals surface area contributed by atoms with Gasteiger partial charge in [-0.05, 0) is 13.8 Å². The van der Waals surface area contributed by atoms with E-state index < -0.39 is 0 Å². The second-order valence-electron chi connectivity index (χ2n) is 3.60. The number of allylic oxidation sites excluding steroid dienone is 1. The Hall–Kier alpha value is -0.0500. The van der Waals surface area contributed by atoms with Crippen LogP contribution in [-0.2, 0) is 4.74 Å². The van der Waals surface area contributed by atoms with Crippen molar-refractivity contribution in [3.8, 4) is 0 Å². The van der Waals surface area contributed by atoms with Crippen molar-refractivity contribution in [3.05, 3.63) is 12.2 Å². The minimum Gasteiger partial charge on any atom is -0.373 e. The third-order valence-corrected chi connectivity index (χ3v) is 2.29.